The van der Waals surface area contributed by atoms with Gasteiger partial charge >= 0.3 is 11.9 Å². The number of nitrogen functional groups attached to an aromatic ring is 1. The van der Waals surface area contributed by atoms with Crippen LogP contribution in [0, 0.1) is 5.41 Å². The summed E-state index contributed by atoms with van der Waals surface area (Å²) in [5.41, 5.74) is 5.34. The summed E-state index contributed by atoms with van der Waals surface area (Å²) in [6, 6.07) is 4.20. The third kappa shape index (κ3) is 4.73. The summed E-state index contributed by atoms with van der Waals surface area (Å²) >= 11 is 0. The van der Waals surface area contributed by atoms with Crippen LogP contribution in [0.5, 0.6) is 5.75 Å². The molecule has 3 N–H and O–H groups in total. The highest BCUT2D eigenvalue weighted by Gasteiger charge is 2.22. The van der Waals surface area contributed by atoms with Gasteiger partial charge in [-0.1, -0.05) is 6.58 Å². The normalized spacial score (nSPS) is 10.7. The van der Waals surface area contributed by atoms with Crippen LogP contribution in [0.15, 0.2) is 30.4 Å². The number of nitrogens with two attached hydrogens (primary N) is 1. The maximum Gasteiger partial charge on any atom is 0.339 e. The largest absolute Gasteiger partial charge is 0.456 e. The fourth-order valence-electron chi connectivity index (χ4n) is 1.51. The molecular formula is C16H20N2O4. The third-order valence-corrected chi connectivity index (χ3v) is 2.46. The van der Waals surface area contributed by atoms with Gasteiger partial charge in [0, 0.05) is 11.1 Å². The van der Waals surface area contributed by atoms with Crippen molar-refractivity contribution in [2.75, 3.05) is 0 Å². The predicted octanol–water partition coefficient (Wildman–Crippen LogP) is 2.41. The molecule has 0 amide bonds. The van der Waals surface area contributed by atoms with Crippen LogP contribution in [0.25, 0.3) is 0 Å². The molecular weight excluding hydrogens is 284 g/mol. The van der Waals surface area contributed by atoms with Gasteiger partial charge in [-0.05, 0) is 45.9 Å². The Labute approximate surface area is 129 Å². The molecule has 0 aromatic heterocycles. The summed E-state index contributed by atoms with van der Waals surface area (Å²) in [5, 5.41) is 7.58. The molecule has 0 aliphatic heterocycles. The number of rotatable bonds is 4. The second kappa shape index (κ2) is 6.43. The lowest BCUT2D eigenvalue weighted by atomic mass is 10.1. The molecule has 1 rings (SSSR count). The highest BCUT2D eigenvalue weighted by atomic mass is 16.6. The van der Waals surface area contributed by atoms with Crippen molar-refractivity contribution in [3.8, 4) is 5.75 Å². The first-order valence-corrected chi connectivity index (χ1v) is 6.61. The van der Waals surface area contributed by atoms with E-state index >= 15 is 0 Å². The molecule has 118 valence electrons. The lowest BCUT2D eigenvalue weighted by Crippen LogP contribution is -2.26. The Kier molecular flexibility index (Phi) is 5.09. The molecule has 1 aromatic carbocycles. The van der Waals surface area contributed by atoms with E-state index in [-0.39, 0.29) is 28.3 Å². The number of ether oxygens (including phenoxy) is 2. The molecule has 0 aliphatic rings. The first kappa shape index (κ1) is 17.4. The van der Waals surface area contributed by atoms with Crippen molar-refractivity contribution in [3.63, 3.8) is 0 Å². The van der Waals surface area contributed by atoms with Gasteiger partial charge in [0.15, 0.2) is 0 Å². The number of amidine groups is 1. The fraction of sp³-hybridized carbons (Fsp3) is 0.312. The van der Waals surface area contributed by atoms with Crippen molar-refractivity contribution in [3.05, 3.63) is 41.5 Å². The molecule has 0 saturated carbocycles. The molecule has 0 aliphatic carbocycles. The van der Waals surface area contributed by atoms with Gasteiger partial charge in [-0.25, -0.2) is 9.59 Å². The topological polar surface area (TPSA) is 102 Å². The maximum atomic E-state index is 12.1. The Morgan fingerprint density at radius 3 is 2.27 bits per heavy atom. The molecule has 0 fully saturated rings. The minimum Gasteiger partial charge on any atom is -0.456 e. The number of carbonyl (C=O) groups excluding carboxylic acids is 2. The number of hydrogen-bond donors (Lipinski definition) is 2. The van der Waals surface area contributed by atoms with E-state index in [4.69, 9.17) is 20.6 Å². The van der Waals surface area contributed by atoms with E-state index in [0.717, 1.165) is 0 Å². The van der Waals surface area contributed by atoms with Gasteiger partial charge in [0.2, 0.25) is 0 Å². The van der Waals surface area contributed by atoms with E-state index in [1.165, 1.54) is 25.1 Å². The minimum atomic E-state index is -0.670. The number of carbonyl (C=O) groups is 2. The van der Waals surface area contributed by atoms with Crippen molar-refractivity contribution in [2.45, 2.75) is 33.3 Å². The van der Waals surface area contributed by atoms with Gasteiger partial charge in [0.1, 0.15) is 17.2 Å². The summed E-state index contributed by atoms with van der Waals surface area (Å²) < 4.78 is 10.3. The second-order valence-corrected chi connectivity index (χ2v) is 5.79. The average molecular weight is 304 g/mol. The Bertz CT molecular complexity index is 642. The van der Waals surface area contributed by atoms with Crippen LogP contribution in [0.2, 0.25) is 0 Å². The highest BCUT2D eigenvalue weighted by molar-refractivity contribution is 6.06. The van der Waals surface area contributed by atoms with E-state index in [0.29, 0.717) is 0 Å². The zero-order valence-corrected chi connectivity index (χ0v) is 13.1. The molecule has 0 radical (unpaired) electrons. The van der Waals surface area contributed by atoms with Gasteiger partial charge in [-0.3, -0.25) is 5.41 Å². The Hall–Kier alpha value is -2.63. The molecule has 0 spiro atoms. The van der Waals surface area contributed by atoms with Crippen LogP contribution >= 0.6 is 0 Å². The predicted molar refractivity (Wildman–Crippen MR) is 83.1 cm³/mol. The van der Waals surface area contributed by atoms with Crippen LogP contribution in [0.3, 0.4) is 0 Å². The van der Waals surface area contributed by atoms with Gasteiger partial charge in [-0.2, -0.15) is 0 Å². The van der Waals surface area contributed by atoms with Crippen molar-refractivity contribution in [2.24, 2.45) is 5.73 Å². The summed E-state index contributed by atoms with van der Waals surface area (Å²) in [6.45, 7) is 10.2. The minimum absolute atomic E-state index is 0.137. The van der Waals surface area contributed by atoms with Crippen LogP contribution < -0.4 is 10.5 Å². The van der Waals surface area contributed by atoms with Crippen molar-refractivity contribution in [1.29, 1.82) is 5.41 Å². The molecule has 0 unspecified atom stereocenters. The van der Waals surface area contributed by atoms with E-state index < -0.39 is 17.5 Å². The third-order valence-electron chi connectivity index (χ3n) is 2.46. The SMILES string of the molecule is C=C(C)C(=O)Oc1ccc(C(=O)OC(C)(C)C)c(C(=N)N)c1. The van der Waals surface area contributed by atoms with Crippen LogP contribution in [-0.4, -0.2) is 23.4 Å². The van der Waals surface area contributed by atoms with Gasteiger partial charge in [0.05, 0.1) is 5.56 Å². The van der Waals surface area contributed by atoms with Gasteiger partial charge in [0.25, 0.3) is 0 Å². The van der Waals surface area contributed by atoms with E-state index in [2.05, 4.69) is 6.58 Å². The Morgan fingerprint density at radius 1 is 1.23 bits per heavy atom. The first-order chi connectivity index (χ1) is 10.0. The van der Waals surface area contributed by atoms with E-state index in [9.17, 15) is 9.59 Å². The van der Waals surface area contributed by atoms with E-state index in [1.807, 2.05) is 0 Å². The number of benzene rings is 1. The summed E-state index contributed by atoms with van der Waals surface area (Å²) in [5.74, 6) is -1.35. The van der Waals surface area contributed by atoms with Crippen molar-refractivity contribution < 1.29 is 19.1 Å². The van der Waals surface area contributed by atoms with Gasteiger partial charge in [-0.15, -0.1) is 0 Å². The molecule has 0 atom stereocenters. The van der Waals surface area contributed by atoms with Crippen molar-refractivity contribution in [1.82, 2.24) is 0 Å². The molecule has 0 saturated heterocycles. The quantitative estimate of drug-likeness (QED) is 0.292. The zero-order chi connectivity index (χ0) is 17.1. The monoisotopic (exact) mass is 304 g/mol. The molecule has 6 nitrogen and oxygen atoms in total. The average Bonchev–Trinajstić information content (AvgIpc) is 2.36. The molecule has 0 bridgehead atoms. The Morgan fingerprint density at radius 2 is 1.82 bits per heavy atom. The molecule has 22 heavy (non-hydrogen) atoms. The molecule has 6 heteroatoms. The first-order valence-electron chi connectivity index (χ1n) is 6.61. The second-order valence-electron chi connectivity index (χ2n) is 5.79. The lowest BCUT2D eigenvalue weighted by molar-refractivity contribution is -0.130. The number of esters is 2. The highest BCUT2D eigenvalue weighted by Crippen LogP contribution is 2.21. The zero-order valence-electron chi connectivity index (χ0n) is 13.1. The number of hydrogen-bond acceptors (Lipinski definition) is 5. The summed E-state index contributed by atoms with van der Waals surface area (Å²) in [6.07, 6.45) is 0. The van der Waals surface area contributed by atoms with Crippen LogP contribution in [-0.2, 0) is 9.53 Å². The fourth-order valence-corrected chi connectivity index (χ4v) is 1.51. The standard InChI is InChI=1S/C16H20N2O4/c1-9(2)14(19)21-10-6-7-11(12(8-10)13(17)18)15(20)22-16(3,4)5/h6-8H,1H2,2-5H3,(H3,17,18). The number of nitrogens with one attached hydrogen (secondary N) is 1. The van der Waals surface area contributed by atoms with Crippen molar-refractivity contribution >= 4 is 17.8 Å². The lowest BCUT2D eigenvalue weighted by Gasteiger charge is -2.20. The summed E-state index contributed by atoms with van der Waals surface area (Å²) in [7, 11) is 0. The molecule has 1 aromatic rings. The smallest absolute Gasteiger partial charge is 0.339 e. The van der Waals surface area contributed by atoms with Gasteiger partial charge < -0.3 is 15.2 Å². The maximum absolute atomic E-state index is 12.1. The molecule has 0 heterocycles. The van der Waals surface area contributed by atoms with Crippen LogP contribution in [0.4, 0.5) is 0 Å². The van der Waals surface area contributed by atoms with E-state index in [1.54, 1.807) is 20.8 Å². The summed E-state index contributed by atoms with van der Waals surface area (Å²) in [4.78, 5) is 23.6. The Balaban J connectivity index is 3.16. The van der Waals surface area contributed by atoms with Crippen LogP contribution in [0.1, 0.15) is 43.6 Å².